The van der Waals surface area contributed by atoms with Crippen LogP contribution in [0.25, 0.3) is 0 Å². The quantitative estimate of drug-likeness (QED) is 0.203. The van der Waals surface area contributed by atoms with Crippen LogP contribution in [0.3, 0.4) is 0 Å². The molecule has 0 aliphatic rings. The molecule has 4 heteroatoms. The van der Waals surface area contributed by atoms with E-state index in [4.69, 9.17) is 10.3 Å². The number of aliphatic hydroxyl groups excluding tert-OH is 1. The van der Waals surface area contributed by atoms with E-state index < -0.39 is 6.23 Å². The van der Waals surface area contributed by atoms with Gasteiger partial charge in [-0.3, -0.25) is 0 Å². The van der Waals surface area contributed by atoms with Gasteiger partial charge in [-0.25, -0.2) is 0 Å². The van der Waals surface area contributed by atoms with Gasteiger partial charge in [-0.2, -0.15) is 0 Å². The molecule has 0 aliphatic carbocycles. The second kappa shape index (κ2) is 5.88. The molecule has 3 nitrogen and oxygen atoms in total. The Hall–Kier alpha value is 0.880. The minimum atomic E-state index is -0.921. The fourth-order valence-corrected chi connectivity index (χ4v) is 0. The van der Waals surface area contributed by atoms with Crippen molar-refractivity contribution in [1.29, 1.82) is 0 Å². The first kappa shape index (κ1) is 9.99. The number of hydrogen-bond acceptors (Lipinski definition) is 3. The van der Waals surface area contributed by atoms with E-state index in [1.54, 1.807) is 0 Å². The Kier molecular flexibility index (Phi) is 9.79. The van der Waals surface area contributed by atoms with E-state index >= 15 is 0 Å². The van der Waals surface area contributed by atoms with Crippen LogP contribution in [0.2, 0.25) is 0 Å². The van der Waals surface area contributed by atoms with Gasteiger partial charge in [0, 0.05) is 0 Å². The van der Waals surface area contributed by atoms with Crippen LogP contribution in [0.15, 0.2) is 0 Å². The Morgan fingerprint density at radius 3 is 2.00 bits per heavy atom. The van der Waals surface area contributed by atoms with E-state index in [1.165, 1.54) is 12.4 Å². The number of hydrogen-bond donors (Lipinski definition) is 2. The van der Waals surface area contributed by atoms with Crippen LogP contribution in [-0.4, -0.2) is 11.3 Å². The molecule has 1 atom stereocenters. The fourth-order valence-electron chi connectivity index (χ4n) is 0. The van der Waals surface area contributed by atoms with Gasteiger partial charge in [0.1, 0.15) is 0 Å². The first-order chi connectivity index (χ1) is 2.27. The molecule has 0 aromatic heterocycles. The molecule has 0 saturated carbocycles. The standard InChI is InChI=1S/C2H6NO2.Na/c1-2(4)3-5;/h2-4H,1H3;/q-1;+1. The van der Waals surface area contributed by atoms with Crippen molar-refractivity contribution in [2.45, 2.75) is 13.2 Å². The zero-order chi connectivity index (χ0) is 4.28. The van der Waals surface area contributed by atoms with Gasteiger partial charge in [-0.05, 0) is 6.92 Å². The number of hydroxylamine groups is 1. The molecular weight excluding hydrogens is 93.0 g/mol. The summed E-state index contributed by atoms with van der Waals surface area (Å²) in [6, 6.07) is 0. The molecule has 0 spiro atoms. The number of aliphatic hydroxyl groups is 1. The maximum absolute atomic E-state index is 9.13. The molecule has 32 valence electrons. The van der Waals surface area contributed by atoms with Crippen molar-refractivity contribution in [3.63, 3.8) is 0 Å². The first-order valence-electron chi connectivity index (χ1n) is 1.33. The van der Waals surface area contributed by atoms with Crippen molar-refractivity contribution in [3.05, 3.63) is 5.21 Å². The maximum atomic E-state index is 9.13. The van der Waals surface area contributed by atoms with Crippen LogP contribution in [-0.2, 0) is 0 Å². The zero-order valence-electron chi connectivity index (χ0n) is 3.93. The van der Waals surface area contributed by atoms with Crippen LogP contribution in [0.4, 0.5) is 0 Å². The summed E-state index contributed by atoms with van der Waals surface area (Å²) in [6.07, 6.45) is -0.921. The van der Waals surface area contributed by atoms with Crippen molar-refractivity contribution in [2.75, 3.05) is 0 Å². The summed E-state index contributed by atoms with van der Waals surface area (Å²) in [5.41, 5.74) is 1.33. The summed E-state index contributed by atoms with van der Waals surface area (Å²) in [6.45, 7) is 1.35. The summed E-state index contributed by atoms with van der Waals surface area (Å²) in [5.74, 6) is 0. The molecule has 0 aromatic carbocycles. The molecule has 0 radical (unpaired) electrons. The van der Waals surface area contributed by atoms with Crippen LogP contribution in [0.1, 0.15) is 6.92 Å². The van der Waals surface area contributed by atoms with E-state index in [1.807, 2.05) is 0 Å². The van der Waals surface area contributed by atoms with Gasteiger partial charge in [0.2, 0.25) is 0 Å². The summed E-state index contributed by atoms with van der Waals surface area (Å²) >= 11 is 0. The Balaban J connectivity index is 0. The first-order valence-corrected chi connectivity index (χ1v) is 1.33. The van der Waals surface area contributed by atoms with Crippen molar-refractivity contribution in [3.8, 4) is 0 Å². The van der Waals surface area contributed by atoms with Crippen LogP contribution >= 0.6 is 0 Å². The molecule has 2 N–H and O–H groups in total. The molecule has 0 aliphatic heterocycles. The molecule has 0 bridgehead atoms. The minimum absolute atomic E-state index is 0. The second-order valence-corrected chi connectivity index (χ2v) is 0.794. The molecule has 0 saturated heterocycles. The van der Waals surface area contributed by atoms with E-state index in [0.717, 1.165) is 0 Å². The molecule has 0 aromatic rings. The third kappa shape index (κ3) is 8.86. The van der Waals surface area contributed by atoms with Gasteiger partial charge < -0.3 is 15.8 Å². The van der Waals surface area contributed by atoms with E-state index in [9.17, 15) is 0 Å². The molecule has 0 rings (SSSR count). The topological polar surface area (TPSA) is 55.3 Å². The molecule has 0 amide bonds. The Labute approximate surface area is 58.6 Å². The van der Waals surface area contributed by atoms with Gasteiger partial charge in [0.25, 0.3) is 0 Å². The largest absolute Gasteiger partial charge is 1.00 e. The molecule has 6 heavy (non-hydrogen) atoms. The Bertz CT molecular complexity index is 25.5. The van der Waals surface area contributed by atoms with E-state index in [0.29, 0.717) is 0 Å². The second-order valence-electron chi connectivity index (χ2n) is 0.794. The molecule has 1 unspecified atom stereocenters. The average Bonchev–Trinajstić information content (AvgIpc) is 1.38. The van der Waals surface area contributed by atoms with Gasteiger partial charge in [-0.1, -0.05) is 0 Å². The smallest absolute Gasteiger partial charge is 0.786 e. The van der Waals surface area contributed by atoms with Gasteiger partial charge in [-0.15, -0.1) is 0 Å². The summed E-state index contributed by atoms with van der Waals surface area (Å²) in [7, 11) is 0. The van der Waals surface area contributed by atoms with Crippen molar-refractivity contribution >= 4 is 0 Å². The van der Waals surface area contributed by atoms with E-state index in [-0.39, 0.29) is 29.6 Å². The predicted octanol–water partition coefficient (Wildman–Crippen LogP) is -3.58. The van der Waals surface area contributed by atoms with Crippen molar-refractivity contribution in [2.24, 2.45) is 0 Å². The SMILES string of the molecule is CC(O)N[O-].[Na+]. The van der Waals surface area contributed by atoms with Crippen molar-refractivity contribution in [1.82, 2.24) is 5.48 Å². The maximum Gasteiger partial charge on any atom is 1.00 e. The number of rotatable bonds is 1. The normalized spacial score (nSPS) is 12.5. The third-order valence-electron chi connectivity index (χ3n) is 0.171. The molecule has 0 heterocycles. The van der Waals surface area contributed by atoms with Crippen LogP contribution in [0, 0.1) is 5.21 Å². The monoisotopic (exact) mass is 99.0 g/mol. The van der Waals surface area contributed by atoms with E-state index in [2.05, 4.69) is 0 Å². The predicted molar refractivity (Wildman–Crippen MR) is 18.2 cm³/mol. The summed E-state index contributed by atoms with van der Waals surface area (Å²) in [5, 5.41) is 17.1. The summed E-state index contributed by atoms with van der Waals surface area (Å²) in [4.78, 5) is 0. The third-order valence-corrected chi connectivity index (χ3v) is 0.171. The average molecular weight is 99.1 g/mol. The Morgan fingerprint density at radius 2 is 2.00 bits per heavy atom. The molecular formula is C2H6NNaO2. The van der Waals surface area contributed by atoms with Gasteiger partial charge >= 0.3 is 29.6 Å². The van der Waals surface area contributed by atoms with Crippen LogP contribution < -0.4 is 35.0 Å². The van der Waals surface area contributed by atoms with Crippen LogP contribution in [0.5, 0.6) is 0 Å². The van der Waals surface area contributed by atoms with Gasteiger partial charge in [0.05, 0.1) is 6.23 Å². The Morgan fingerprint density at radius 1 is 1.83 bits per heavy atom. The van der Waals surface area contributed by atoms with Crippen molar-refractivity contribution < 1.29 is 34.7 Å². The van der Waals surface area contributed by atoms with Gasteiger partial charge in [0.15, 0.2) is 0 Å². The minimum Gasteiger partial charge on any atom is -0.786 e. The number of nitrogens with one attached hydrogen (secondary N) is 1. The summed E-state index contributed by atoms with van der Waals surface area (Å²) < 4.78 is 0. The zero-order valence-corrected chi connectivity index (χ0v) is 5.93. The fraction of sp³-hybridized carbons (Fsp3) is 1.00. The molecule has 0 fully saturated rings.